The van der Waals surface area contributed by atoms with Gasteiger partial charge >= 0.3 is 0 Å². The maximum Gasteiger partial charge on any atom is 0.238 e. The lowest BCUT2D eigenvalue weighted by atomic mass is 10.0. The Morgan fingerprint density at radius 1 is 1.07 bits per heavy atom. The van der Waals surface area contributed by atoms with E-state index in [1.165, 1.54) is 16.0 Å². The van der Waals surface area contributed by atoms with Gasteiger partial charge in [-0.2, -0.15) is 0 Å². The molecule has 0 saturated carbocycles. The van der Waals surface area contributed by atoms with Crippen LogP contribution in [0, 0.1) is 13.8 Å². The molecule has 2 aromatic carbocycles. The van der Waals surface area contributed by atoms with Crippen LogP contribution in [0.25, 0.3) is 0 Å². The largest absolute Gasteiger partial charge is 0.347 e. The van der Waals surface area contributed by atoms with Gasteiger partial charge in [0.05, 0.1) is 19.8 Å². The molecule has 2 aliphatic heterocycles. The molecule has 4 rings (SSSR count). The Hall–Kier alpha value is -1.86. The van der Waals surface area contributed by atoms with Crippen molar-refractivity contribution in [3.8, 4) is 0 Å². The first-order chi connectivity index (χ1) is 14.0. The zero-order chi connectivity index (χ0) is 20.3. The van der Waals surface area contributed by atoms with E-state index in [0.29, 0.717) is 19.8 Å². The SMILES string of the molecule is Cc1ccc(C)c(Sc2ccc(NC(=O)CN3CCC4(CC3)OCCO4)cc2)c1. The molecule has 0 radical (unpaired) electrons. The van der Waals surface area contributed by atoms with Gasteiger partial charge < -0.3 is 14.8 Å². The number of likely N-dealkylation sites (tertiary alicyclic amines) is 1. The highest BCUT2D eigenvalue weighted by Crippen LogP contribution is 2.32. The third-order valence-electron chi connectivity index (χ3n) is 5.51. The van der Waals surface area contributed by atoms with E-state index in [0.717, 1.165) is 36.5 Å². The van der Waals surface area contributed by atoms with E-state index in [9.17, 15) is 4.79 Å². The van der Waals surface area contributed by atoms with Gasteiger partial charge in [-0.05, 0) is 55.3 Å². The summed E-state index contributed by atoms with van der Waals surface area (Å²) in [6.45, 7) is 7.63. The van der Waals surface area contributed by atoms with Crippen LogP contribution in [0.2, 0.25) is 0 Å². The van der Waals surface area contributed by atoms with E-state index in [1.54, 1.807) is 11.8 Å². The molecule has 2 aliphatic rings. The molecule has 1 N–H and O–H groups in total. The zero-order valence-electron chi connectivity index (χ0n) is 17.1. The quantitative estimate of drug-likeness (QED) is 0.796. The first-order valence-electron chi connectivity index (χ1n) is 10.2. The average Bonchev–Trinajstić information content (AvgIpc) is 3.16. The van der Waals surface area contributed by atoms with Gasteiger partial charge in [0.2, 0.25) is 5.91 Å². The topological polar surface area (TPSA) is 50.8 Å². The minimum atomic E-state index is -0.393. The van der Waals surface area contributed by atoms with Gasteiger partial charge in [-0.1, -0.05) is 23.9 Å². The molecule has 2 saturated heterocycles. The normalized spacial score (nSPS) is 18.8. The molecule has 6 heteroatoms. The number of nitrogens with zero attached hydrogens (tertiary/aromatic N) is 1. The van der Waals surface area contributed by atoms with Crippen molar-refractivity contribution < 1.29 is 14.3 Å². The van der Waals surface area contributed by atoms with Gasteiger partial charge in [0.15, 0.2) is 5.79 Å². The molecule has 2 heterocycles. The van der Waals surface area contributed by atoms with E-state index in [1.807, 2.05) is 12.1 Å². The summed E-state index contributed by atoms with van der Waals surface area (Å²) in [5, 5.41) is 3.01. The molecule has 0 aliphatic carbocycles. The maximum absolute atomic E-state index is 12.4. The molecule has 1 spiro atoms. The Balaban J connectivity index is 1.27. The number of ether oxygens (including phenoxy) is 2. The molecule has 5 nitrogen and oxygen atoms in total. The van der Waals surface area contributed by atoms with E-state index >= 15 is 0 Å². The number of carbonyl (C=O) groups excluding carboxylic acids is 1. The zero-order valence-corrected chi connectivity index (χ0v) is 17.9. The molecule has 154 valence electrons. The molecule has 0 unspecified atom stereocenters. The number of amides is 1. The highest BCUT2D eigenvalue weighted by atomic mass is 32.2. The van der Waals surface area contributed by atoms with Gasteiger partial charge in [0, 0.05) is 41.4 Å². The lowest BCUT2D eigenvalue weighted by molar-refractivity contribution is -0.185. The van der Waals surface area contributed by atoms with Crippen molar-refractivity contribution >= 4 is 23.4 Å². The first-order valence-corrected chi connectivity index (χ1v) is 11.0. The predicted octanol–water partition coefficient (Wildman–Crippen LogP) is 4.23. The average molecular weight is 413 g/mol. The summed E-state index contributed by atoms with van der Waals surface area (Å²) in [7, 11) is 0. The molecule has 0 aromatic heterocycles. The third kappa shape index (κ3) is 5.20. The Morgan fingerprint density at radius 2 is 1.76 bits per heavy atom. The fourth-order valence-corrected chi connectivity index (χ4v) is 4.79. The van der Waals surface area contributed by atoms with Crippen molar-refractivity contribution in [2.75, 3.05) is 38.2 Å². The van der Waals surface area contributed by atoms with Gasteiger partial charge in [0.1, 0.15) is 0 Å². The number of nitrogens with one attached hydrogen (secondary N) is 1. The van der Waals surface area contributed by atoms with E-state index in [2.05, 4.69) is 54.4 Å². The van der Waals surface area contributed by atoms with Crippen LogP contribution >= 0.6 is 11.8 Å². The molecule has 0 bridgehead atoms. The first kappa shape index (κ1) is 20.4. The lowest BCUT2D eigenvalue weighted by Crippen LogP contribution is -2.47. The van der Waals surface area contributed by atoms with Crippen molar-refractivity contribution in [1.82, 2.24) is 4.90 Å². The Morgan fingerprint density at radius 3 is 2.45 bits per heavy atom. The number of carbonyl (C=O) groups is 1. The van der Waals surface area contributed by atoms with Crippen LogP contribution in [0.3, 0.4) is 0 Å². The van der Waals surface area contributed by atoms with Crippen LogP contribution in [-0.4, -0.2) is 49.4 Å². The number of anilines is 1. The molecular weight excluding hydrogens is 384 g/mol. The predicted molar refractivity (Wildman–Crippen MR) is 115 cm³/mol. The Kier molecular flexibility index (Phi) is 6.25. The minimum absolute atomic E-state index is 0.0177. The molecule has 2 fully saturated rings. The van der Waals surface area contributed by atoms with E-state index in [-0.39, 0.29) is 5.91 Å². The molecule has 1 amide bonds. The number of aryl methyl sites for hydroxylation is 2. The number of benzene rings is 2. The highest BCUT2D eigenvalue weighted by Gasteiger charge is 2.39. The Bertz CT molecular complexity index is 853. The summed E-state index contributed by atoms with van der Waals surface area (Å²) in [6.07, 6.45) is 1.65. The van der Waals surface area contributed by atoms with Crippen LogP contribution in [-0.2, 0) is 14.3 Å². The monoisotopic (exact) mass is 412 g/mol. The molecule has 0 atom stereocenters. The molecule has 2 aromatic rings. The minimum Gasteiger partial charge on any atom is -0.347 e. The lowest BCUT2D eigenvalue weighted by Gasteiger charge is -2.37. The summed E-state index contributed by atoms with van der Waals surface area (Å²) >= 11 is 1.75. The van der Waals surface area contributed by atoms with Crippen LogP contribution in [0.1, 0.15) is 24.0 Å². The summed E-state index contributed by atoms with van der Waals surface area (Å²) in [6, 6.07) is 14.5. The van der Waals surface area contributed by atoms with Crippen LogP contribution in [0.4, 0.5) is 5.69 Å². The summed E-state index contributed by atoms with van der Waals surface area (Å²) in [4.78, 5) is 17.0. The van der Waals surface area contributed by atoms with Crippen molar-refractivity contribution in [2.24, 2.45) is 0 Å². The van der Waals surface area contributed by atoms with Crippen molar-refractivity contribution in [3.63, 3.8) is 0 Å². The number of piperidine rings is 1. The maximum atomic E-state index is 12.4. The summed E-state index contributed by atoms with van der Waals surface area (Å²) in [5.74, 6) is -0.375. The number of hydrogen-bond donors (Lipinski definition) is 1. The van der Waals surface area contributed by atoms with Crippen LogP contribution < -0.4 is 5.32 Å². The second kappa shape index (κ2) is 8.88. The standard InChI is InChI=1S/C23H28N2O3S/c1-17-3-4-18(2)21(15-17)29-20-7-5-19(6-8-20)24-22(26)16-25-11-9-23(10-12-25)27-13-14-28-23/h3-8,15H,9-14,16H2,1-2H3,(H,24,26). The summed E-state index contributed by atoms with van der Waals surface area (Å²) < 4.78 is 11.5. The van der Waals surface area contributed by atoms with Gasteiger partial charge in [-0.15, -0.1) is 0 Å². The van der Waals surface area contributed by atoms with Crippen molar-refractivity contribution in [3.05, 3.63) is 53.6 Å². The summed E-state index contributed by atoms with van der Waals surface area (Å²) in [5.41, 5.74) is 3.36. The molecule has 29 heavy (non-hydrogen) atoms. The fourth-order valence-electron chi connectivity index (χ4n) is 3.79. The second-order valence-electron chi connectivity index (χ2n) is 7.83. The smallest absolute Gasteiger partial charge is 0.238 e. The van der Waals surface area contributed by atoms with Crippen LogP contribution in [0.5, 0.6) is 0 Å². The van der Waals surface area contributed by atoms with Gasteiger partial charge in [-0.25, -0.2) is 0 Å². The second-order valence-corrected chi connectivity index (χ2v) is 8.94. The molecular formula is C23H28N2O3S. The number of hydrogen-bond acceptors (Lipinski definition) is 5. The van der Waals surface area contributed by atoms with Gasteiger partial charge in [0.25, 0.3) is 0 Å². The van der Waals surface area contributed by atoms with Crippen LogP contribution in [0.15, 0.2) is 52.3 Å². The van der Waals surface area contributed by atoms with E-state index in [4.69, 9.17) is 9.47 Å². The van der Waals surface area contributed by atoms with Crippen molar-refractivity contribution in [2.45, 2.75) is 42.3 Å². The van der Waals surface area contributed by atoms with Gasteiger partial charge in [-0.3, -0.25) is 9.69 Å². The number of rotatable bonds is 5. The Labute approximate surface area is 176 Å². The fraction of sp³-hybridized carbons (Fsp3) is 0.435. The third-order valence-corrected chi connectivity index (χ3v) is 6.68. The van der Waals surface area contributed by atoms with E-state index < -0.39 is 5.79 Å². The highest BCUT2D eigenvalue weighted by molar-refractivity contribution is 7.99. The van der Waals surface area contributed by atoms with Crippen molar-refractivity contribution in [1.29, 1.82) is 0 Å².